The van der Waals surface area contributed by atoms with Crippen LogP contribution in [0.3, 0.4) is 0 Å². The first-order valence-corrected chi connectivity index (χ1v) is 12.8. The standard InChI is InChI=1S/C32H29N3O2/c1-2-26-20-33-32-30-31(37-22-23-12-6-3-7-13-23)28(36)18-19-34(30)27(21-35(26)32)29(24-14-8-4-9-15-24)25-16-10-5-11-17-25/h3-20,27,29H,2,21-22H2,1H3/t27-/m1/s1. The second-order valence-corrected chi connectivity index (χ2v) is 9.44. The second kappa shape index (κ2) is 9.94. The molecule has 5 nitrogen and oxygen atoms in total. The Morgan fingerprint density at radius 3 is 2.14 bits per heavy atom. The summed E-state index contributed by atoms with van der Waals surface area (Å²) in [5.41, 5.74) is 5.24. The highest BCUT2D eigenvalue weighted by atomic mass is 16.5. The molecule has 5 heteroatoms. The van der Waals surface area contributed by atoms with E-state index < -0.39 is 0 Å². The van der Waals surface area contributed by atoms with Gasteiger partial charge < -0.3 is 13.9 Å². The quantitative estimate of drug-likeness (QED) is 0.273. The number of aromatic nitrogens is 3. The van der Waals surface area contributed by atoms with Crippen LogP contribution in [0.5, 0.6) is 5.75 Å². The highest BCUT2D eigenvalue weighted by molar-refractivity contribution is 5.62. The lowest BCUT2D eigenvalue weighted by atomic mass is 9.83. The topological polar surface area (TPSA) is 49.0 Å². The zero-order chi connectivity index (χ0) is 25.2. The normalized spacial score (nSPS) is 14.3. The fourth-order valence-corrected chi connectivity index (χ4v) is 5.48. The summed E-state index contributed by atoms with van der Waals surface area (Å²) in [5.74, 6) is 1.21. The fraction of sp³-hybridized carbons (Fsp3) is 0.188. The minimum atomic E-state index is -0.133. The van der Waals surface area contributed by atoms with Crippen LogP contribution in [0.4, 0.5) is 0 Å². The molecule has 1 aliphatic rings. The third kappa shape index (κ3) is 4.27. The van der Waals surface area contributed by atoms with Crippen LogP contribution in [0.2, 0.25) is 0 Å². The number of aryl methyl sites for hydroxylation is 1. The number of pyridine rings is 1. The Morgan fingerprint density at radius 2 is 1.51 bits per heavy atom. The van der Waals surface area contributed by atoms with Crippen LogP contribution < -0.4 is 10.2 Å². The van der Waals surface area contributed by atoms with Crippen LogP contribution in [0, 0.1) is 0 Å². The summed E-state index contributed by atoms with van der Waals surface area (Å²) >= 11 is 0. The van der Waals surface area contributed by atoms with Crippen molar-refractivity contribution in [3.05, 3.63) is 142 Å². The molecule has 0 radical (unpaired) electrons. The first kappa shape index (κ1) is 23.0. The van der Waals surface area contributed by atoms with Crippen molar-refractivity contribution in [2.75, 3.05) is 0 Å². The molecule has 0 unspecified atom stereocenters. The molecule has 37 heavy (non-hydrogen) atoms. The Labute approximate surface area is 216 Å². The van der Waals surface area contributed by atoms with Crippen molar-refractivity contribution < 1.29 is 4.74 Å². The average Bonchev–Trinajstić information content (AvgIpc) is 3.37. The predicted molar refractivity (Wildman–Crippen MR) is 146 cm³/mol. The maximum atomic E-state index is 13.2. The molecular weight excluding hydrogens is 458 g/mol. The highest BCUT2D eigenvalue weighted by Gasteiger charge is 2.35. The molecule has 1 aliphatic heterocycles. The van der Waals surface area contributed by atoms with Gasteiger partial charge in [-0.2, -0.15) is 0 Å². The predicted octanol–water partition coefficient (Wildman–Crippen LogP) is 6.24. The van der Waals surface area contributed by atoms with E-state index in [2.05, 4.69) is 76.7 Å². The molecule has 3 aromatic carbocycles. The van der Waals surface area contributed by atoms with E-state index in [0.29, 0.717) is 12.4 Å². The molecule has 0 bridgehead atoms. The summed E-state index contributed by atoms with van der Waals surface area (Å²) in [7, 11) is 0. The van der Waals surface area contributed by atoms with E-state index in [9.17, 15) is 4.79 Å². The number of hydrogen-bond donors (Lipinski definition) is 0. The smallest absolute Gasteiger partial charge is 0.224 e. The van der Waals surface area contributed by atoms with Crippen LogP contribution >= 0.6 is 0 Å². The molecule has 0 spiro atoms. The van der Waals surface area contributed by atoms with Gasteiger partial charge in [-0.15, -0.1) is 0 Å². The minimum absolute atomic E-state index is 0.0199. The van der Waals surface area contributed by atoms with Crippen molar-refractivity contribution in [3.63, 3.8) is 0 Å². The van der Waals surface area contributed by atoms with Gasteiger partial charge in [0.1, 0.15) is 12.3 Å². The first-order valence-electron chi connectivity index (χ1n) is 12.8. The number of fused-ring (bicyclic) bond motifs is 3. The van der Waals surface area contributed by atoms with Crippen molar-refractivity contribution >= 4 is 0 Å². The van der Waals surface area contributed by atoms with Gasteiger partial charge in [-0.25, -0.2) is 4.98 Å². The lowest BCUT2D eigenvalue weighted by molar-refractivity contribution is 0.293. The number of ether oxygens (including phenoxy) is 1. The summed E-state index contributed by atoms with van der Waals surface area (Å²) in [4.78, 5) is 18.0. The van der Waals surface area contributed by atoms with E-state index in [1.165, 1.54) is 11.1 Å². The number of hydrogen-bond acceptors (Lipinski definition) is 3. The Balaban J connectivity index is 1.54. The highest BCUT2D eigenvalue weighted by Crippen LogP contribution is 2.43. The number of imidazole rings is 1. The Hall–Kier alpha value is -4.38. The van der Waals surface area contributed by atoms with Crippen molar-refractivity contribution in [1.29, 1.82) is 0 Å². The van der Waals surface area contributed by atoms with E-state index in [4.69, 9.17) is 9.72 Å². The Morgan fingerprint density at radius 1 is 0.892 bits per heavy atom. The summed E-state index contributed by atoms with van der Waals surface area (Å²) < 4.78 is 10.8. The second-order valence-electron chi connectivity index (χ2n) is 9.44. The van der Waals surface area contributed by atoms with Gasteiger partial charge >= 0.3 is 0 Å². The number of nitrogens with zero attached hydrogens (tertiary/aromatic N) is 3. The molecule has 0 saturated carbocycles. The molecule has 6 rings (SSSR count). The van der Waals surface area contributed by atoms with Crippen LogP contribution in [0.25, 0.3) is 11.5 Å². The zero-order valence-electron chi connectivity index (χ0n) is 20.8. The van der Waals surface area contributed by atoms with Crippen LogP contribution in [-0.2, 0) is 19.6 Å². The average molecular weight is 488 g/mol. The lowest BCUT2D eigenvalue weighted by Gasteiger charge is -2.37. The SMILES string of the molecule is CCc1cnc2n1C[C@H](C(c1ccccc1)c1ccccc1)n1ccc(=O)c(OCc3ccccc3)c1-2. The third-order valence-corrected chi connectivity index (χ3v) is 7.25. The largest absolute Gasteiger partial charge is 0.483 e. The van der Waals surface area contributed by atoms with Gasteiger partial charge in [0.05, 0.1) is 6.04 Å². The summed E-state index contributed by atoms with van der Waals surface area (Å²) in [6, 6.07) is 32.8. The van der Waals surface area contributed by atoms with E-state index in [1.54, 1.807) is 6.07 Å². The zero-order valence-corrected chi connectivity index (χ0v) is 20.8. The van der Waals surface area contributed by atoms with Crippen molar-refractivity contribution in [3.8, 4) is 17.3 Å². The molecule has 1 atom stereocenters. The maximum Gasteiger partial charge on any atom is 0.224 e. The van der Waals surface area contributed by atoms with Gasteiger partial charge in [-0.3, -0.25) is 4.79 Å². The first-order chi connectivity index (χ1) is 18.2. The summed E-state index contributed by atoms with van der Waals surface area (Å²) in [6.45, 7) is 3.21. The van der Waals surface area contributed by atoms with E-state index in [-0.39, 0.29) is 17.4 Å². The van der Waals surface area contributed by atoms with Crippen LogP contribution in [0.1, 0.15) is 41.3 Å². The molecule has 0 fully saturated rings. The van der Waals surface area contributed by atoms with Crippen LogP contribution in [-0.4, -0.2) is 14.1 Å². The third-order valence-electron chi connectivity index (χ3n) is 7.25. The Bertz CT molecular complexity index is 1520. The van der Waals surface area contributed by atoms with Crippen molar-refractivity contribution in [2.45, 2.75) is 38.5 Å². The molecule has 0 aliphatic carbocycles. The molecule has 0 amide bonds. The van der Waals surface area contributed by atoms with Gasteiger partial charge in [0, 0.05) is 36.6 Å². The molecule has 3 heterocycles. The monoisotopic (exact) mass is 487 g/mol. The molecule has 0 N–H and O–H groups in total. The molecular formula is C32H29N3O2. The fourth-order valence-electron chi connectivity index (χ4n) is 5.48. The summed E-state index contributed by atoms with van der Waals surface area (Å²) in [6.07, 6.45) is 4.71. The maximum absolute atomic E-state index is 13.2. The van der Waals surface area contributed by atoms with E-state index >= 15 is 0 Å². The number of benzene rings is 3. The van der Waals surface area contributed by atoms with E-state index in [0.717, 1.165) is 35.7 Å². The van der Waals surface area contributed by atoms with Crippen molar-refractivity contribution in [1.82, 2.24) is 14.1 Å². The van der Waals surface area contributed by atoms with E-state index in [1.807, 2.05) is 42.7 Å². The lowest BCUT2D eigenvalue weighted by Crippen LogP contribution is -2.32. The van der Waals surface area contributed by atoms with Gasteiger partial charge in [-0.1, -0.05) is 97.9 Å². The molecule has 184 valence electrons. The van der Waals surface area contributed by atoms with Crippen LogP contribution in [0.15, 0.2) is 114 Å². The van der Waals surface area contributed by atoms with Gasteiger partial charge in [0.2, 0.25) is 5.43 Å². The van der Waals surface area contributed by atoms with Gasteiger partial charge in [0.25, 0.3) is 0 Å². The summed E-state index contributed by atoms with van der Waals surface area (Å²) in [5, 5.41) is 0. The minimum Gasteiger partial charge on any atom is -0.483 e. The van der Waals surface area contributed by atoms with Gasteiger partial charge in [0.15, 0.2) is 11.6 Å². The molecule has 5 aromatic rings. The van der Waals surface area contributed by atoms with Gasteiger partial charge in [-0.05, 0) is 23.1 Å². The number of rotatable bonds is 7. The Kier molecular flexibility index (Phi) is 6.19. The van der Waals surface area contributed by atoms with Crippen molar-refractivity contribution in [2.24, 2.45) is 0 Å². The molecule has 2 aromatic heterocycles. The molecule has 0 saturated heterocycles.